The van der Waals surface area contributed by atoms with Crippen molar-refractivity contribution in [1.82, 2.24) is 0 Å². The normalized spacial score (nSPS) is 15.2. The van der Waals surface area contributed by atoms with Crippen LogP contribution in [0.4, 0.5) is 0 Å². The van der Waals surface area contributed by atoms with Crippen LogP contribution < -0.4 is 0 Å². The summed E-state index contributed by atoms with van der Waals surface area (Å²) >= 11 is 12.5. The number of rotatable bonds is 10. The van der Waals surface area contributed by atoms with Crippen LogP contribution in [0.2, 0.25) is 18.1 Å². The Hall–Kier alpha value is 0.797. The summed E-state index contributed by atoms with van der Waals surface area (Å²) in [5.41, 5.74) is 0. The molecule has 0 spiro atoms. The molecule has 0 saturated heterocycles. The van der Waals surface area contributed by atoms with Crippen molar-refractivity contribution < 1.29 is 0 Å². The van der Waals surface area contributed by atoms with E-state index in [0.717, 1.165) is 12.3 Å². The van der Waals surface area contributed by atoms with Gasteiger partial charge in [-0.25, -0.2) is 0 Å². The van der Waals surface area contributed by atoms with Gasteiger partial charge in [0.1, 0.15) is 0 Å². The van der Waals surface area contributed by atoms with Crippen molar-refractivity contribution in [2.45, 2.75) is 70.5 Å². The molecule has 1 unspecified atom stereocenters. The minimum atomic E-state index is -1.43. The fraction of sp³-hybridized carbons (Fsp3) is 1.00. The molecule has 0 nitrogen and oxygen atoms in total. The Bertz CT molecular complexity index is 142. The highest BCUT2D eigenvalue weighted by Crippen LogP contribution is 2.31. The topological polar surface area (TPSA) is 0 Å². The lowest BCUT2D eigenvalue weighted by atomic mass is 10.2. The summed E-state index contributed by atoms with van der Waals surface area (Å²) in [4.78, 5) is 0. The maximum Gasteiger partial charge on any atom is 0.156 e. The van der Waals surface area contributed by atoms with E-state index in [1.807, 2.05) is 0 Å². The zero-order chi connectivity index (χ0) is 11.6. The zero-order valence-corrected chi connectivity index (χ0v) is 12.8. The minimum absolute atomic E-state index is 0.778. The number of hydrogen-bond donors (Lipinski definition) is 0. The summed E-state index contributed by atoms with van der Waals surface area (Å²) in [6, 6.07) is 3.80. The molecule has 0 aromatic heterocycles. The Balaban J connectivity index is 3.78. The molecule has 0 N–H and O–H groups in total. The molecular formula is C12H26Cl2Si. The summed E-state index contributed by atoms with van der Waals surface area (Å²) in [5.74, 6) is 0.778. The summed E-state index contributed by atoms with van der Waals surface area (Å²) in [5, 5.41) is 0. The summed E-state index contributed by atoms with van der Waals surface area (Å²) < 4.78 is 0. The first kappa shape index (κ1) is 15.8. The number of hydrogen-bond acceptors (Lipinski definition) is 0. The van der Waals surface area contributed by atoms with E-state index in [-0.39, 0.29) is 0 Å². The van der Waals surface area contributed by atoms with Gasteiger partial charge in [-0.05, 0) is 24.6 Å². The van der Waals surface area contributed by atoms with Crippen molar-refractivity contribution in [2.24, 2.45) is 0 Å². The van der Waals surface area contributed by atoms with Crippen LogP contribution in [0, 0.1) is 0 Å². The van der Waals surface area contributed by atoms with Gasteiger partial charge in [-0.3, -0.25) is 0 Å². The second-order valence-electron chi connectivity index (χ2n) is 4.50. The number of alkyl halides is 1. The van der Waals surface area contributed by atoms with Crippen LogP contribution in [-0.4, -0.2) is 13.3 Å². The predicted octanol–water partition coefficient (Wildman–Crippen LogP) is 5.79. The van der Waals surface area contributed by atoms with Gasteiger partial charge in [0, 0.05) is 5.88 Å². The van der Waals surface area contributed by atoms with Gasteiger partial charge < -0.3 is 0 Å². The number of unbranched alkanes of at least 4 members (excludes halogenated alkanes) is 3. The highest BCUT2D eigenvalue weighted by Gasteiger charge is 2.28. The summed E-state index contributed by atoms with van der Waals surface area (Å²) in [7, 11) is -1.43. The first-order valence-electron chi connectivity index (χ1n) is 6.43. The molecule has 0 aromatic carbocycles. The third-order valence-corrected chi connectivity index (χ3v) is 8.80. The first-order valence-corrected chi connectivity index (χ1v) is 10.6. The summed E-state index contributed by atoms with van der Waals surface area (Å²) in [6.07, 6.45) is 7.74. The molecule has 0 aliphatic carbocycles. The van der Waals surface area contributed by atoms with E-state index in [4.69, 9.17) is 22.7 Å². The Morgan fingerprint density at radius 3 is 2.00 bits per heavy atom. The van der Waals surface area contributed by atoms with Gasteiger partial charge in [0.2, 0.25) is 0 Å². The first-order chi connectivity index (χ1) is 7.18. The van der Waals surface area contributed by atoms with Crippen LogP contribution in [0.5, 0.6) is 0 Å². The van der Waals surface area contributed by atoms with Crippen molar-refractivity contribution in [1.29, 1.82) is 0 Å². The lowest BCUT2D eigenvalue weighted by Gasteiger charge is -2.23. The average Bonchev–Trinajstić information content (AvgIpc) is 2.22. The van der Waals surface area contributed by atoms with E-state index in [9.17, 15) is 0 Å². The molecule has 15 heavy (non-hydrogen) atoms. The Kier molecular flexibility index (Phi) is 10.5. The fourth-order valence-corrected chi connectivity index (χ4v) is 7.14. The highest BCUT2D eigenvalue weighted by atomic mass is 35.6. The number of halogens is 2. The molecular weight excluding hydrogens is 243 g/mol. The second-order valence-corrected chi connectivity index (χ2v) is 11.1. The van der Waals surface area contributed by atoms with E-state index in [0.29, 0.717) is 0 Å². The molecule has 0 aliphatic heterocycles. The lowest BCUT2D eigenvalue weighted by Crippen LogP contribution is -2.26. The van der Waals surface area contributed by atoms with E-state index in [1.165, 1.54) is 50.2 Å². The van der Waals surface area contributed by atoms with Gasteiger partial charge in [0.05, 0.1) is 0 Å². The fourth-order valence-electron chi connectivity index (χ4n) is 2.08. The molecule has 0 heterocycles. The maximum atomic E-state index is 6.78. The molecule has 0 rings (SSSR count). The molecule has 0 aromatic rings. The SMILES string of the molecule is CCCCCC[Si](Cl)(CCC)CCCCl. The van der Waals surface area contributed by atoms with E-state index < -0.39 is 7.38 Å². The van der Waals surface area contributed by atoms with E-state index in [1.54, 1.807) is 0 Å². The van der Waals surface area contributed by atoms with Crippen molar-refractivity contribution in [3.8, 4) is 0 Å². The van der Waals surface area contributed by atoms with Crippen LogP contribution >= 0.6 is 22.7 Å². The lowest BCUT2D eigenvalue weighted by molar-refractivity contribution is 0.695. The van der Waals surface area contributed by atoms with Crippen molar-refractivity contribution in [2.75, 3.05) is 5.88 Å². The Labute approximate surface area is 106 Å². The Morgan fingerprint density at radius 2 is 1.47 bits per heavy atom. The van der Waals surface area contributed by atoms with Crippen LogP contribution in [0.3, 0.4) is 0 Å². The van der Waals surface area contributed by atoms with Crippen LogP contribution in [-0.2, 0) is 0 Å². The summed E-state index contributed by atoms with van der Waals surface area (Å²) in [6.45, 7) is 4.50. The molecule has 92 valence electrons. The van der Waals surface area contributed by atoms with Crippen molar-refractivity contribution in [3.63, 3.8) is 0 Å². The van der Waals surface area contributed by atoms with Gasteiger partial charge in [-0.1, -0.05) is 46.0 Å². The average molecular weight is 269 g/mol. The molecule has 0 aliphatic rings. The molecule has 0 bridgehead atoms. The predicted molar refractivity (Wildman–Crippen MR) is 75.8 cm³/mol. The largest absolute Gasteiger partial charge is 0.167 e. The van der Waals surface area contributed by atoms with E-state index in [2.05, 4.69) is 13.8 Å². The van der Waals surface area contributed by atoms with Crippen LogP contribution in [0.1, 0.15) is 52.4 Å². The zero-order valence-electron chi connectivity index (χ0n) is 10.3. The van der Waals surface area contributed by atoms with Crippen molar-refractivity contribution in [3.05, 3.63) is 0 Å². The standard InChI is InChI=1S/C12H26Cl2Si/c1-3-5-6-7-11-15(14,10-4-2)12-8-9-13/h3-12H2,1-2H3. The van der Waals surface area contributed by atoms with Gasteiger partial charge in [0.25, 0.3) is 0 Å². The Morgan fingerprint density at radius 1 is 0.800 bits per heavy atom. The molecule has 0 radical (unpaired) electrons. The molecule has 0 saturated carbocycles. The van der Waals surface area contributed by atoms with Crippen LogP contribution in [0.25, 0.3) is 0 Å². The third kappa shape index (κ3) is 8.59. The quantitative estimate of drug-likeness (QED) is 0.204. The monoisotopic (exact) mass is 268 g/mol. The third-order valence-electron chi connectivity index (χ3n) is 2.93. The molecule has 3 heteroatoms. The second kappa shape index (κ2) is 9.98. The van der Waals surface area contributed by atoms with Crippen molar-refractivity contribution >= 4 is 30.1 Å². The molecule has 0 fully saturated rings. The molecule has 0 amide bonds. The van der Waals surface area contributed by atoms with Gasteiger partial charge in [-0.15, -0.1) is 11.6 Å². The van der Waals surface area contributed by atoms with E-state index >= 15 is 0 Å². The maximum absolute atomic E-state index is 6.78. The molecule has 1 atom stereocenters. The minimum Gasteiger partial charge on any atom is -0.167 e. The highest BCUT2D eigenvalue weighted by molar-refractivity contribution is 7.20. The van der Waals surface area contributed by atoms with Gasteiger partial charge >= 0.3 is 0 Å². The van der Waals surface area contributed by atoms with Gasteiger partial charge in [0.15, 0.2) is 7.38 Å². The van der Waals surface area contributed by atoms with Crippen LogP contribution in [0.15, 0.2) is 0 Å². The smallest absolute Gasteiger partial charge is 0.156 e. The van der Waals surface area contributed by atoms with Gasteiger partial charge in [-0.2, -0.15) is 11.1 Å².